The summed E-state index contributed by atoms with van der Waals surface area (Å²) in [6, 6.07) is 0. The Bertz CT molecular complexity index is 1460. The second-order valence-corrected chi connectivity index (χ2v) is 22.7. The van der Waals surface area contributed by atoms with Gasteiger partial charge in [0, 0.05) is 19.3 Å². The standard InChI is InChI=1S/C64H117O11P/c1-4-7-10-13-16-19-22-25-28-29-30-31-34-35-38-41-44-47-50-53-62(66)71-57-61(75-64(68)55-52-49-46-43-40-37-33-27-24-21-18-15-12-9-6-3)59-73-76(69,70)72-58-60(56-65)74-63(67)54-51-48-45-42-39-36-32-26-23-20-17-14-11-8-5-2/h16,19,25-28,32-33,60-61,65H,4-15,17-18,20-24,29-31,34-59H2,1-3H3,(H,69,70)/b19-16-,28-25-,32-26-,33-27-. The predicted molar refractivity (Wildman–Crippen MR) is 316 cm³/mol. The molecule has 0 rings (SSSR count). The van der Waals surface area contributed by atoms with Gasteiger partial charge in [0.2, 0.25) is 0 Å². The van der Waals surface area contributed by atoms with E-state index in [1.165, 1.54) is 135 Å². The summed E-state index contributed by atoms with van der Waals surface area (Å²) in [5.41, 5.74) is 0. The van der Waals surface area contributed by atoms with Gasteiger partial charge in [-0.3, -0.25) is 23.4 Å². The fourth-order valence-corrected chi connectivity index (χ4v) is 9.63. The number of phosphoric acid groups is 1. The number of carbonyl (C=O) groups excluding carboxylic acids is 3. The van der Waals surface area contributed by atoms with Crippen molar-refractivity contribution < 1.29 is 52.2 Å². The molecule has 0 amide bonds. The molecule has 0 aliphatic rings. The minimum atomic E-state index is -4.75. The first kappa shape index (κ1) is 73.4. The van der Waals surface area contributed by atoms with Gasteiger partial charge in [-0.15, -0.1) is 0 Å². The van der Waals surface area contributed by atoms with Gasteiger partial charge in [0.25, 0.3) is 0 Å². The largest absolute Gasteiger partial charge is 0.472 e. The maximum absolute atomic E-state index is 12.9. The van der Waals surface area contributed by atoms with E-state index in [4.69, 9.17) is 23.3 Å². The van der Waals surface area contributed by atoms with Gasteiger partial charge in [0.1, 0.15) is 12.7 Å². The van der Waals surface area contributed by atoms with Gasteiger partial charge in [0.05, 0.1) is 19.8 Å². The van der Waals surface area contributed by atoms with Crippen molar-refractivity contribution in [1.82, 2.24) is 0 Å². The zero-order valence-corrected chi connectivity index (χ0v) is 50.1. The van der Waals surface area contributed by atoms with Crippen LogP contribution in [-0.4, -0.2) is 66.5 Å². The Morgan fingerprint density at radius 2 is 0.645 bits per heavy atom. The van der Waals surface area contributed by atoms with Crippen molar-refractivity contribution in [1.29, 1.82) is 0 Å². The zero-order valence-electron chi connectivity index (χ0n) is 49.2. The van der Waals surface area contributed by atoms with Crippen LogP contribution in [0, 0.1) is 0 Å². The van der Waals surface area contributed by atoms with Crippen LogP contribution in [-0.2, 0) is 42.2 Å². The van der Waals surface area contributed by atoms with Gasteiger partial charge in [-0.05, 0) is 103 Å². The number of hydrogen-bond donors (Lipinski definition) is 2. The Labute approximate surface area is 466 Å². The van der Waals surface area contributed by atoms with Crippen LogP contribution in [0.25, 0.3) is 0 Å². The first-order chi connectivity index (χ1) is 37.2. The minimum Gasteiger partial charge on any atom is -0.462 e. The normalized spacial score (nSPS) is 13.6. The first-order valence-corrected chi connectivity index (χ1v) is 33.0. The second kappa shape index (κ2) is 58.6. The van der Waals surface area contributed by atoms with E-state index in [9.17, 15) is 28.9 Å². The van der Waals surface area contributed by atoms with Crippen LogP contribution in [0.15, 0.2) is 48.6 Å². The number of esters is 3. The molecule has 0 bridgehead atoms. The molecule has 76 heavy (non-hydrogen) atoms. The van der Waals surface area contributed by atoms with Gasteiger partial charge in [-0.1, -0.05) is 230 Å². The highest BCUT2D eigenvalue weighted by Crippen LogP contribution is 2.43. The molecule has 0 spiro atoms. The topological polar surface area (TPSA) is 155 Å². The summed E-state index contributed by atoms with van der Waals surface area (Å²) in [4.78, 5) is 48.7. The maximum Gasteiger partial charge on any atom is 0.472 e. The summed E-state index contributed by atoms with van der Waals surface area (Å²) in [5, 5.41) is 9.83. The van der Waals surface area contributed by atoms with Crippen molar-refractivity contribution in [3.8, 4) is 0 Å². The van der Waals surface area contributed by atoms with Crippen LogP contribution < -0.4 is 0 Å². The number of aliphatic hydroxyl groups is 1. The number of aliphatic hydroxyl groups excluding tert-OH is 1. The van der Waals surface area contributed by atoms with Crippen LogP contribution in [0.2, 0.25) is 0 Å². The highest BCUT2D eigenvalue weighted by molar-refractivity contribution is 7.47. The van der Waals surface area contributed by atoms with Crippen molar-refractivity contribution in [2.75, 3.05) is 26.4 Å². The molecule has 0 fully saturated rings. The lowest BCUT2D eigenvalue weighted by atomic mass is 10.1. The molecule has 0 saturated heterocycles. The van der Waals surface area contributed by atoms with Crippen LogP contribution in [0.5, 0.6) is 0 Å². The predicted octanol–water partition coefficient (Wildman–Crippen LogP) is 18.9. The molecule has 3 atom stereocenters. The van der Waals surface area contributed by atoms with E-state index in [1.807, 2.05) is 0 Å². The summed E-state index contributed by atoms with van der Waals surface area (Å²) in [5.74, 6) is -1.47. The van der Waals surface area contributed by atoms with E-state index < -0.39 is 57.8 Å². The molecule has 2 N–H and O–H groups in total. The number of rotatable bonds is 59. The Morgan fingerprint density at radius 3 is 1.01 bits per heavy atom. The molecule has 444 valence electrons. The molecule has 0 aliphatic carbocycles. The van der Waals surface area contributed by atoms with Gasteiger partial charge in [0.15, 0.2) is 6.10 Å². The third-order valence-electron chi connectivity index (χ3n) is 13.7. The van der Waals surface area contributed by atoms with E-state index in [0.29, 0.717) is 19.3 Å². The molecular weight excluding hydrogens is 976 g/mol. The van der Waals surface area contributed by atoms with Gasteiger partial charge in [-0.2, -0.15) is 0 Å². The molecular formula is C64H117O11P. The molecule has 0 aromatic rings. The lowest BCUT2D eigenvalue weighted by molar-refractivity contribution is -0.161. The van der Waals surface area contributed by atoms with Crippen molar-refractivity contribution in [2.45, 2.75) is 315 Å². The van der Waals surface area contributed by atoms with Crippen molar-refractivity contribution >= 4 is 25.7 Å². The van der Waals surface area contributed by atoms with E-state index in [2.05, 4.69) is 69.4 Å². The summed E-state index contributed by atoms with van der Waals surface area (Å²) < 4.78 is 39.6. The second-order valence-electron chi connectivity index (χ2n) is 21.2. The molecule has 0 aromatic carbocycles. The van der Waals surface area contributed by atoms with E-state index in [-0.39, 0.29) is 25.9 Å². The molecule has 0 saturated carbocycles. The van der Waals surface area contributed by atoms with Gasteiger partial charge < -0.3 is 24.2 Å². The minimum absolute atomic E-state index is 0.158. The number of hydrogen-bond acceptors (Lipinski definition) is 10. The van der Waals surface area contributed by atoms with Crippen LogP contribution in [0.3, 0.4) is 0 Å². The summed E-state index contributed by atoms with van der Waals surface area (Å²) in [6.07, 6.45) is 63.4. The number of allylic oxidation sites excluding steroid dienone is 8. The van der Waals surface area contributed by atoms with E-state index in [0.717, 1.165) is 109 Å². The van der Waals surface area contributed by atoms with Crippen LogP contribution in [0.1, 0.15) is 303 Å². The lowest BCUT2D eigenvalue weighted by Crippen LogP contribution is -2.30. The van der Waals surface area contributed by atoms with Crippen molar-refractivity contribution in [3.05, 3.63) is 48.6 Å². The van der Waals surface area contributed by atoms with Crippen LogP contribution >= 0.6 is 7.82 Å². The Morgan fingerprint density at radius 1 is 0.368 bits per heavy atom. The molecule has 3 unspecified atom stereocenters. The average molecular weight is 1090 g/mol. The fourth-order valence-electron chi connectivity index (χ4n) is 8.85. The number of unbranched alkanes of at least 4 members (excludes halogenated alkanes) is 34. The first-order valence-electron chi connectivity index (χ1n) is 31.5. The van der Waals surface area contributed by atoms with Crippen molar-refractivity contribution in [3.63, 3.8) is 0 Å². The van der Waals surface area contributed by atoms with Gasteiger partial charge >= 0.3 is 25.7 Å². The Hall–Kier alpha value is -2.56. The molecule has 11 nitrogen and oxygen atoms in total. The molecule has 0 radical (unpaired) electrons. The Kier molecular flexibility index (Phi) is 56.6. The lowest BCUT2D eigenvalue weighted by Gasteiger charge is -2.21. The van der Waals surface area contributed by atoms with Crippen molar-refractivity contribution in [2.24, 2.45) is 0 Å². The third-order valence-corrected chi connectivity index (χ3v) is 14.6. The van der Waals surface area contributed by atoms with E-state index >= 15 is 0 Å². The molecule has 12 heteroatoms. The smallest absolute Gasteiger partial charge is 0.462 e. The summed E-state index contributed by atoms with van der Waals surface area (Å²) >= 11 is 0. The quantitative estimate of drug-likeness (QED) is 0.0197. The molecule has 0 aliphatic heterocycles. The molecule has 0 aromatic heterocycles. The number of carbonyl (C=O) groups is 3. The van der Waals surface area contributed by atoms with Gasteiger partial charge in [-0.25, -0.2) is 4.57 Å². The SMILES string of the molecule is CCCCC/C=C\C/C=C\CCCCCCCCCCCC(=O)OCC(COP(=O)(O)OCC(CO)OC(=O)CCCCCCC/C=C\CCCCCCCC)OC(=O)CCCCCCC/C=C\CCCCCCCC. The maximum atomic E-state index is 12.9. The number of ether oxygens (including phenoxy) is 3. The summed E-state index contributed by atoms with van der Waals surface area (Å²) in [7, 11) is -4.75. The fraction of sp³-hybridized carbons (Fsp3) is 0.828. The zero-order chi connectivity index (χ0) is 55.5. The monoisotopic (exact) mass is 1090 g/mol. The van der Waals surface area contributed by atoms with E-state index in [1.54, 1.807) is 0 Å². The third kappa shape index (κ3) is 56.2. The summed E-state index contributed by atoms with van der Waals surface area (Å²) in [6.45, 7) is 4.63. The Balaban J connectivity index is 4.69. The average Bonchev–Trinajstić information content (AvgIpc) is 3.41. The highest BCUT2D eigenvalue weighted by atomic mass is 31.2. The highest BCUT2D eigenvalue weighted by Gasteiger charge is 2.28. The molecule has 0 heterocycles. The van der Waals surface area contributed by atoms with Crippen LogP contribution in [0.4, 0.5) is 0 Å². The number of phosphoric ester groups is 1.